The monoisotopic (exact) mass is 339 g/mol. The number of aryl methyl sites for hydroxylation is 2. The highest BCUT2D eigenvalue weighted by Gasteiger charge is 2.17. The quantitative estimate of drug-likeness (QED) is 0.789. The topological polar surface area (TPSA) is 55.4 Å². The smallest absolute Gasteiger partial charge is 0.311 e. The van der Waals surface area contributed by atoms with E-state index in [1.807, 2.05) is 62.4 Å². The van der Waals surface area contributed by atoms with Crippen LogP contribution >= 0.6 is 0 Å². The van der Waals surface area contributed by atoms with Crippen molar-refractivity contribution < 1.29 is 14.3 Å². The van der Waals surface area contributed by atoms with E-state index >= 15 is 0 Å². The number of ether oxygens (including phenoxy) is 1. The summed E-state index contributed by atoms with van der Waals surface area (Å²) in [5, 5.41) is 2.80. The third kappa shape index (κ3) is 6.07. The molecule has 1 atom stereocenters. The molecule has 2 rings (SSSR count). The number of esters is 1. The van der Waals surface area contributed by atoms with Gasteiger partial charge >= 0.3 is 5.97 Å². The van der Waals surface area contributed by atoms with Crippen molar-refractivity contribution in [3.63, 3.8) is 0 Å². The number of carbonyl (C=O) groups excluding carboxylic acids is 2. The second-order valence-corrected chi connectivity index (χ2v) is 6.25. The van der Waals surface area contributed by atoms with Crippen molar-refractivity contribution in [2.24, 2.45) is 0 Å². The minimum Gasteiger partial charge on any atom is -0.452 e. The molecule has 0 saturated carbocycles. The lowest BCUT2D eigenvalue weighted by Gasteiger charge is -2.14. The molecular formula is C21H25NO3. The number of hydrogen-bond donors (Lipinski definition) is 1. The van der Waals surface area contributed by atoms with Crippen LogP contribution in [0, 0.1) is 13.8 Å². The van der Waals surface area contributed by atoms with E-state index in [9.17, 15) is 9.59 Å². The Kier molecular flexibility index (Phi) is 6.75. The van der Waals surface area contributed by atoms with E-state index in [2.05, 4.69) is 5.32 Å². The molecule has 25 heavy (non-hydrogen) atoms. The van der Waals surface area contributed by atoms with Crippen LogP contribution in [0.4, 0.5) is 0 Å². The van der Waals surface area contributed by atoms with Gasteiger partial charge in [-0.15, -0.1) is 0 Å². The Morgan fingerprint density at radius 3 is 2.40 bits per heavy atom. The molecule has 0 aliphatic carbocycles. The Morgan fingerprint density at radius 1 is 1.00 bits per heavy atom. The summed E-state index contributed by atoms with van der Waals surface area (Å²) in [5.74, 6) is -0.668. The van der Waals surface area contributed by atoms with Gasteiger partial charge in [0.15, 0.2) is 6.10 Å². The standard InChI is InChI=1S/C21H25NO3/c1-15-9-10-19(13-16(15)2)14-20(23)25-17(3)21(24)22-12-11-18-7-5-4-6-8-18/h4-10,13,17H,11-12,14H2,1-3H3,(H,22,24)/t17-/m0/s1. The van der Waals surface area contributed by atoms with Gasteiger partial charge in [0.05, 0.1) is 6.42 Å². The molecule has 1 amide bonds. The number of carbonyl (C=O) groups is 2. The van der Waals surface area contributed by atoms with E-state index in [0.29, 0.717) is 6.54 Å². The van der Waals surface area contributed by atoms with Crippen molar-refractivity contribution in [3.8, 4) is 0 Å². The Hall–Kier alpha value is -2.62. The maximum Gasteiger partial charge on any atom is 0.311 e. The molecule has 4 nitrogen and oxygen atoms in total. The van der Waals surface area contributed by atoms with E-state index in [1.165, 1.54) is 5.56 Å². The van der Waals surface area contributed by atoms with Crippen LogP contribution in [-0.4, -0.2) is 24.5 Å². The molecule has 0 bridgehead atoms. The van der Waals surface area contributed by atoms with Crippen LogP contribution in [0.1, 0.15) is 29.2 Å². The van der Waals surface area contributed by atoms with Crippen LogP contribution in [0.2, 0.25) is 0 Å². The van der Waals surface area contributed by atoms with Crippen LogP contribution in [0.5, 0.6) is 0 Å². The third-order valence-electron chi connectivity index (χ3n) is 4.15. The van der Waals surface area contributed by atoms with Gasteiger partial charge < -0.3 is 10.1 Å². The highest BCUT2D eigenvalue weighted by molar-refractivity contribution is 5.83. The minimum atomic E-state index is -0.796. The molecule has 0 saturated heterocycles. The lowest BCUT2D eigenvalue weighted by atomic mass is 10.0. The van der Waals surface area contributed by atoms with Gasteiger partial charge in [-0.2, -0.15) is 0 Å². The first-order valence-corrected chi connectivity index (χ1v) is 8.53. The molecule has 0 radical (unpaired) electrons. The molecule has 0 fully saturated rings. The zero-order valence-electron chi connectivity index (χ0n) is 15.0. The van der Waals surface area contributed by atoms with E-state index < -0.39 is 12.1 Å². The number of amides is 1. The van der Waals surface area contributed by atoms with Gasteiger partial charge in [-0.25, -0.2) is 0 Å². The maximum absolute atomic E-state index is 12.0. The molecule has 1 N–H and O–H groups in total. The fraction of sp³-hybridized carbons (Fsp3) is 0.333. The predicted molar refractivity (Wildman–Crippen MR) is 98.3 cm³/mol. The summed E-state index contributed by atoms with van der Waals surface area (Å²) < 4.78 is 5.24. The van der Waals surface area contributed by atoms with Crippen LogP contribution in [-0.2, 0) is 27.2 Å². The van der Waals surface area contributed by atoms with Gasteiger partial charge in [-0.1, -0.05) is 48.5 Å². The number of benzene rings is 2. The normalized spacial score (nSPS) is 11.6. The number of nitrogens with one attached hydrogen (secondary N) is 1. The van der Waals surface area contributed by atoms with Gasteiger partial charge in [-0.3, -0.25) is 9.59 Å². The van der Waals surface area contributed by atoms with Crippen LogP contribution in [0.25, 0.3) is 0 Å². The Morgan fingerprint density at radius 2 is 1.72 bits per heavy atom. The summed E-state index contributed by atoms with van der Waals surface area (Å²) in [4.78, 5) is 24.0. The third-order valence-corrected chi connectivity index (χ3v) is 4.15. The second-order valence-electron chi connectivity index (χ2n) is 6.25. The molecule has 0 aliphatic rings. The van der Waals surface area contributed by atoms with E-state index in [-0.39, 0.29) is 12.3 Å². The lowest BCUT2D eigenvalue weighted by Crippen LogP contribution is -2.37. The first kappa shape index (κ1) is 18.7. The molecule has 0 unspecified atom stereocenters. The van der Waals surface area contributed by atoms with Crippen molar-refractivity contribution in [3.05, 3.63) is 70.8 Å². The summed E-state index contributed by atoms with van der Waals surface area (Å²) in [6.45, 7) is 6.14. The molecule has 0 spiro atoms. The first-order valence-electron chi connectivity index (χ1n) is 8.53. The highest BCUT2D eigenvalue weighted by Crippen LogP contribution is 2.11. The maximum atomic E-state index is 12.0. The fourth-order valence-electron chi connectivity index (χ4n) is 2.49. The van der Waals surface area contributed by atoms with Crippen molar-refractivity contribution in [1.82, 2.24) is 5.32 Å². The zero-order valence-corrected chi connectivity index (χ0v) is 15.0. The number of hydrogen-bond acceptors (Lipinski definition) is 3. The van der Waals surface area contributed by atoms with Gasteiger partial charge in [0.1, 0.15) is 0 Å². The van der Waals surface area contributed by atoms with Gasteiger partial charge in [0.25, 0.3) is 5.91 Å². The molecular weight excluding hydrogens is 314 g/mol. The Balaban J connectivity index is 1.75. The SMILES string of the molecule is Cc1ccc(CC(=O)O[C@@H](C)C(=O)NCCc2ccccc2)cc1C. The molecule has 0 aliphatic heterocycles. The molecule has 0 aromatic heterocycles. The molecule has 2 aromatic carbocycles. The van der Waals surface area contributed by atoms with Crippen LogP contribution < -0.4 is 5.32 Å². The van der Waals surface area contributed by atoms with Gasteiger partial charge in [-0.05, 0) is 49.4 Å². The van der Waals surface area contributed by atoms with Crippen LogP contribution in [0.15, 0.2) is 48.5 Å². The molecule has 2 aromatic rings. The average molecular weight is 339 g/mol. The summed E-state index contributed by atoms with van der Waals surface area (Å²) in [6.07, 6.45) is 0.119. The lowest BCUT2D eigenvalue weighted by molar-refractivity contribution is -0.154. The van der Waals surface area contributed by atoms with Gasteiger partial charge in [0.2, 0.25) is 0 Å². The summed E-state index contributed by atoms with van der Waals surface area (Å²) in [5.41, 5.74) is 4.37. The highest BCUT2D eigenvalue weighted by atomic mass is 16.5. The van der Waals surface area contributed by atoms with Crippen molar-refractivity contribution in [2.75, 3.05) is 6.54 Å². The van der Waals surface area contributed by atoms with Crippen molar-refractivity contribution in [1.29, 1.82) is 0 Å². The minimum absolute atomic E-state index is 0.169. The van der Waals surface area contributed by atoms with E-state index in [0.717, 1.165) is 23.1 Å². The van der Waals surface area contributed by atoms with Crippen molar-refractivity contribution >= 4 is 11.9 Å². The molecule has 0 heterocycles. The summed E-state index contributed by atoms with van der Waals surface area (Å²) >= 11 is 0. The predicted octanol–water partition coefficient (Wildman–Crippen LogP) is 3.14. The fourth-order valence-corrected chi connectivity index (χ4v) is 2.49. The van der Waals surface area contributed by atoms with Gasteiger partial charge in [0, 0.05) is 6.54 Å². The summed E-state index contributed by atoms with van der Waals surface area (Å²) in [6, 6.07) is 15.8. The molecule has 4 heteroatoms. The van der Waals surface area contributed by atoms with E-state index in [1.54, 1.807) is 6.92 Å². The zero-order chi connectivity index (χ0) is 18.2. The van der Waals surface area contributed by atoms with E-state index in [4.69, 9.17) is 4.74 Å². The average Bonchev–Trinajstić information content (AvgIpc) is 2.59. The van der Waals surface area contributed by atoms with Crippen LogP contribution in [0.3, 0.4) is 0 Å². The molecule has 132 valence electrons. The summed E-state index contributed by atoms with van der Waals surface area (Å²) in [7, 11) is 0. The Bertz CT molecular complexity index is 725. The van der Waals surface area contributed by atoms with Crippen molar-refractivity contribution in [2.45, 2.75) is 39.7 Å². The largest absolute Gasteiger partial charge is 0.452 e. The second kappa shape index (κ2) is 9.02. The Labute approximate surface area is 149 Å². The first-order chi connectivity index (χ1) is 12.0. The number of rotatable bonds is 7.